The normalized spacial score (nSPS) is 10.4. The molecule has 0 aliphatic carbocycles. The monoisotopic (exact) mass is 269 g/mol. The molecule has 2 N–H and O–H groups in total. The zero-order chi connectivity index (χ0) is 13.5. The van der Waals surface area contributed by atoms with Crippen LogP contribution in [-0.4, -0.2) is 24.4 Å². The summed E-state index contributed by atoms with van der Waals surface area (Å²) < 4.78 is 10.4. The molecule has 0 aliphatic rings. The fourth-order valence-electron chi connectivity index (χ4n) is 1.36. The van der Waals surface area contributed by atoms with Gasteiger partial charge < -0.3 is 15.2 Å². The number of hydrogen-bond acceptors (Lipinski definition) is 5. The van der Waals surface area contributed by atoms with Gasteiger partial charge in [-0.3, -0.25) is 4.79 Å². The van der Waals surface area contributed by atoms with E-state index in [1.54, 1.807) is 13.0 Å². The summed E-state index contributed by atoms with van der Waals surface area (Å²) in [6, 6.07) is 5.46. The first-order valence-electron chi connectivity index (χ1n) is 5.87. The molecule has 0 atom stereocenters. The van der Waals surface area contributed by atoms with Crippen LogP contribution in [0, 0.1) is 0 Å². The second kappa shape index (κ2) is 7.16. The topological polar surface area (TPSA) is 61.5 Å². The van der Waals surface area contributed by atoms with Crippen molar-refractivity contribution in [2.24, 2.45) is 0 Å². The highest BCUT2D eigenvalue weighted by Crippen LogP contribution is 2.27. The van der Waals surface area contributed by atoms with E-state index >= 15 is 0 Å². The van der Waals surface area contributed by atoms with Gasteiger partial charge in [-0.1, -0.05) is 0 Å². The van der Waals surface area contributed by atoms with Gasteiger partial charge in [0.1, 0.15) is 5.75 Å². The van der Waals surface area contributed by atoms with E-state index in [-0.39, 0.29) is 17.8 Å². The van der Waals surface area contributed by atoms with Crippen molar-refractivity contribution in [2.45, 2.75) is 31.8 Å². The van der Waals surface area contributed by atoms with Crippen LogP contribution < -0.4 is 10.5 Å². The summed E-state index contributed by atoms with van der Waals surface area (Å²) in [6.45, 7) is 6.10. The molecular weight excluding hydrogens is 250 g/mol. The van der Waals surface area contributed by atoms with Crippen molar-refractivity contribution in [2.75, 3.05) is 18.1 Å². The summed E-state index contributed by atoms with van der Waals surface area (Å²) in [5, 5.41) is 0. The summed E-state index contributed by atoms with van der Waals surface area (Å²) in [6.07, 6.45) is 0.0923. The molecule has 0 heterocycles. The SMILES string of the molecule is CCOC(=O)CSc1cc(N)cc(OC(C)C)c1. The quantitative estimate of drug-likeness (QED) is 0.489. The maximum atomic E-state index is 11.3. The zero-order valence-corrected chi connectivity index (χ0v) is 11.8. The number of hydrogen-bond donors (Lipinski definition) is 1. The van der Waals surface area contributed by atoms with E-state index in [1.165, 1.54) is 11.8 Å². The minimum Gasteiger partial charge on any atom is -0.491 e. The second-order valence-electron chi connectivity index (χ2n) is 4.00. The highest BCUT2D eigenvalue weighted by molar-refractivity contribution is 8.00. The molecule has 5 heteroatoms. The molecule has 1 aromatic carbocycles. The summed E-state index contributed by atoms with van der Waals surface area (Å²) >= 11 is 1.39. The minimum atomic E-state index is -0.226. The van der Waals surface area contributed by atoms with Crippen molar-refractivity contribution < 1.29 is 14.3 Å². The molecular formula is C13H19NO3S. The largest absolute Gasteiger partial charge is 0.491 e. The lowest BCUT2D eigenvalue weighted by Gasteiger charge is -2.12. The number of rotatable bonds is 6. The standard InChI is InChI=1S/C13H19NO3S/c1-4-16-13(15)8-18-12-6-10(14)5-11(7-12)17-9(2)3/h5-7,9H,4,8,14H2,1-3H3. The first-order valence-corrected chi connectivity index (χ1v) is 6.85. The number of ether oxygens (including phenoxy) is 2. The van der Waals surface area contributed by atoms with Crippen LogP contribution in [0.4, 0.5) is 5.69 Å². The van der Waals surface area contributed by atoms with Crippen molar-refractivity contribution in [3.63, 3.8) is 0 Å². The molecule has 0 unspecified atom stereocenters. The van der Waals surface area contributed by atoms with E-state index in [1.807, 2.05) is 26.0 Å². The van der Waals surface area contributed by atoms with Crippen LogP contribution in [0.25, 0.3) is 0 Å². The van der Waals surface area contributed by atoms with Gasteiger partial charge in [-0.05, 0) is 32.9 Å². The lowest BCUT2D eigenvalue weighted by Crippen LogP contribution is -2.07. The van der Waals surface area contributed by atoms with Gasteiger partial charge in [0, 0.05) is 16.6 Å². The van der Waals surface area contributed by atoms with Gasteiger partial charge in [0.15, 0.2) is 0 Å². The number of esters is 1. The number of carbonyl (C=O) groups is 1. The Morgan fingerprint density at radius 2 is 2.11 bits per heavy atom. The van der Waals surface area contributed by atoms with Crippen molar-refractivity contribution in [1.29, 1.82) is 0 Å². The third kappa shape index (κ3) is 5.31. The average Bonchev–Trinajstić information content (AvgIpc) is 2.25. The fraction of sp³-hybridized carbons (Fsp3) is 0.462. The molecule has 0 saturated carbocycles. The lowest BCUT2D eigenvalue weighted by molar-refractivity contribution is -0.139. The molecule has 0 fully saturated rings. The van der Waals surface area contributed by atoms with Crippen LogP contribution in [0.2, 0.25) is 0 Å². The van der Waals surface area contributed by atoms with E-state index in [0.717, 1.165) is 10.6 Å². The molecule has 0 amide bonds. The smallest absolute Gasteiger partial charge is 0.316 e. The summed E-state index contributed by atoms with van der Waals surface area (Å²) in [5.41, 5.74) is 6.42. The molecule has 0 aromatic heterocycles. The highest BCUT2D eigenvalue weighted by Gasteiger charge is 2.06. The van der Waals surface area contributed by atoms with Gasteiger partial charge in [-0.2, -0.15) is 0 Å². The van der Waals surface area contributed by atoms with E-state index < -0.39 is 0 Å². The maximum Gasteiger partial charge on any atom is 0.316 e. The Balaban J connectivity index is 2.65. The Bertz CT molecular complexity index is 407. The van der Waals surface area contributed by atoms with Gasteiger partial charge in [0.25, 0.3) is 0 Å². The van der Waals surface area contributed by atoms with E-state index in [9.17, 15) is 4.79 Å². The third-order valence-corrected chi connectivity index (χ3v) is 2.89. The predicted octanol–water partition coefficient (Wildman–Crippen LogP) is 2.71. The molecule has 18 heavy (non-hydrogen) atoms. The molecule has 0 bridgehead atoms. The molecule has 1 aromatic rings. The molecule has 0 spiro atoms. The highest BCUT2D eigenvalue weighted by atomic mass is 32.2. The van der Waals surface area contributed by atoms with Crippen LogP contribution in [0.3, 0.4) is 0 Å². The molecule has 0 radical (unpaired) electrons. The third-order valence-electron chi connectivity index (χ3n) is 1.94. The van der Waals surface area contributed by atoms with E-state index in [0.29, 0.717) is 12.3 Å². The fourth-order valence-corrected chi connectivity index (χ4v) is 2.15. The molecule has 100 valence electrons. The Labute approximate surface area is 112 Å². The number of nitrogens with two attached hydrogens (primary N) is 1. The van der Waals surface area contributed by atoms with Crippen molar-refractivity contribution in [3.05, 3.63) is 18.2 Å². The van der Waals surface area contributed by atoms with E-state index in [4.69, 9.17) is 15.2 Å². The Kier molecular flexibility index (Phi) is 5.85. The van der Waals surface area contributed by atoms with Crippen LogP contribution in [0.1, 0.15) is 20.8 Å². The predicted molar refractivity (Wildman–Crippen MR) is 74.0 cm³/mol. The van der Waals surface area contributed by atoms with Crippen molar-refractivity contribution >= 4 is 23.4 Å². The van der Waals surface area contributed by atoms with Gasteiger partial charge >= 0.3 is 5.97 Å². The summed E-state index contributed by atoms with van der Waals surface area (Å²) in [7, 11) is 0. The van der Waals surface area contributed by atoms with Crippen LogP contribution in [-0.2, 0) is 9.53 Å². The van der Waals surface area contributed by atoms with Crippen molar-refractivity contribution in [3.8, 4) is 5.75 Å². The Morgan fingerprint density at radius 3 is 2.72 bits per heavy atom. The first-order chi connectivity index (χ1) is 8.51. The number of thioether (sulfide) groups is 1. The molecule has 0 saturated heterocycles. The Morgan fingerprint density at radius 1 is 1.39 bits per heavy atom. The molecule has 1 rings (SSSR count). The molecule has 0 aliphatic heterocycles. The number of anilines is 1. The number of benzene rings is 1. The van der Waals surface area contributed by atoms with Gasteiger partial charge in [-0.25, -0.2) is 0 Å². The van der Waals surface area contributed by atoms with Crippen molar-refractivity contribution in [1.82, 2.24) is 0 Å². The van der Waals surface area contributed by atoms with E-state index in [2.05, 4.69) is 0 Å². The number of carbonyl (C=O) groups excluding carboxylic acids is 1. The van der Waals surface area contributed by atoms with Gasteiger partial charge in [0.05, 0.1) is 18.5 Å². The van der Waals surface area contributed by atoms with Crippen LogP contribution in [0.15, 0.2) is 23.1 Å². The van der Waals surface area contributed by atoms with Crippen LogP contribution >= 0.6 is 11.8 Å². The zero-order valence-electron chi connectivity index (χ0n) is 10.9. The minimum absolute atomic E-state index is 0.0923. The maximum absolute atomic E-state index is 11.3. The average molecular weight is 269 g/mol. The number of nitrogen functional groups attached to an aromatic ring is 1. The summed E-state index contributed by atoms with van der Waals surface area (Å²) in [5.74, 6) is 0.769. The summed E-state index contributed by atoms with van der Waals surface area (Å²) in [4.78, 5) is 12.2. The Hall–Kier alpha value is -1.36. The second-order valence-corrected chi connectivity index (χ2v) is 5.05. The van der Waals surface area contributed by atoms with Gasteiger partial charge in [0.2, 0.25) is 0 Å². The van der Waals surface area contributed by atoms with Crippen LogP contribution in [0.5, 0.6) is 5.75 Å². The lowest BCUT2D eigenvalue weighted by atomic mass is 10.3. The van der Waals surface area contributed by atoms with Gasteiger partial charge in [-0.15, -0.1) is 11.8 Å². The molecule has 4 nitrogen and oxygen atoms in total. The first kappa shape index (κ1) is 14.7.